The molecular formula is C3H3N3O5SSi. The number of hydrogen-bond acceptors (Lipinski definition) is 6. The second-order valence-corrected chi connectivity index (χ2v) is 2.84. The van der Waals surface area contributed by atoms with E-state index in [0.29, 0.717) is 22.6 Å². The monoisotopic (exact) mass is 221 g/mol. The Hall–Kier alpha value is -1.69. The largest absolute Gasteiger partial charge is 0.383 e. The molecule has 0 aromatic rings. The molecule has 0 fully saturated rings. The quantitative estimate of drug-likeness (QED) is 0.290. The van der Waals surface area contributed by atoms with Gasteiger partial charge in [0.25, 0.3) is 12.2 Å². The fourth-order valence-corrected chi connectivity index (χ4v) is 0.344. The van der Waals surface area contributed by atoms with Gasteiger partial charge in [-0.05, 0) is 0 Å². The fraction of sp³-hybridized carbons (Fsp3) is 0. The highest BCUT2D eigenvalue weighted by atomic mass is 32.2. The Morgan fingerprint density at radius 2 is 1.23 bits per heavy atom. The number of carbonyl (C=O) groups excluding carboxylic acids is 3. The van der Waals surface area contributed by atoms with Gasteiger partial charge in [0.05, 0.1) is 0 Å². The zero-order chi connectivity index (χ0) is 10.7. The van der Waals surface area contributed by atoms with Crippen molar-refractivity contribution in [3.63, 3.8) is 0 Å². The molecule has 0 aliphatic heterocycles. The Morgan fingerprint density at radius 1 is 0.923 bits per heavy atom. The zero-order valence-corrected chi connectivity index (χ0v) is 9.11. The standard InChI is InChI=1S/C2N2O4S.CH3NOSi/c5-1-3-9(7,8)4-2-6;3-1-2-4/h;4H3. The molecule has 10 heteroatoms. The van der Waals surface area contributed by atoms with Gasteiger partial charge in [-0.25, -0.2) is 14.4 Å². The molecule has 0 bridgehead atoms. The van der Waals surface area contributed by atoms with E-state index in [-0.39, 0.29) is 0 Å². The summed E-state index contributed by atoms with van der Waals surface area (Å²) in [6.07, 6.45) is 2.78. The highest BCUT2D eigenvalue weighted by Crippen LogP contribution is 1.87. The zero-order valence-electron chi connectivity index (χ0n) is 6.29. The number of isocyanates is 3. The molecular weight excluding hydrogens is 218 g/mol. The van der Waals surface area contributed by atoms with Crippen LogP contribution in [0.25, 0.3) is 0 Å². The molecule has 0 saturated carbocycles. The Bertz CT molecular complexity index is 359. The normalized spacial score (nSPS) is 7.69. The minimum absolute atomic E-state index is 0.591. The second-order valence-electron chi connectivity index (χ2n) is 1.13. The van der Waals surface area contributed by atoms with Crippen LogP contribution in [0.4, 0.5) is 0 Å². The van der Waals surface area contributed by atoms with Gasteiger partial charge in [-0.3, -0.25) is 4.66 Å². The molecule has 0 unspecified atom stereocenters. The van der Waals surface area contributed by atoms with E-state index in [2.05, 4.69) is 13.5 Å². The van der Waals surface area contributed by atoms with Crippen molar-refractivity contribution < 1.29 is 22.8 Å². The first kappa shape index (κ1) is 13.9. The van der Waals surface area contributed by atoms with Crippen LogP contribution in [0.3, 0.4) is 0 Å². The third-order valence-corrected chi connectivity index (χ3v) is 1.19. The molecule has 70 valence electrons. The van der Waals surface area contributed by atoms with Crippen LogP contribution in [-0.2, 0) is 24.6 Å². The molecule has 0 radical (unpaired) electrons. The van der Waals surface area contributed by atoms with Gasteiger partial charge in [0.15, 0.2) is 10.4 Å². The van der Waals surface area contributed by atoms with E-state index in [1.807, 2.05) is 0 Å². The Labute approximate surface area is 75.8 Å². The van der Waals surface area contributed by atoms with Crippen LogP contribution in [0.2, 0.25) is 0 Å². The summed E-state index contributed by atoms with van der Waals surface area (Å²) in [6, 6.07) is 0. The van der Waals surface area contributed by atoms with E-state index < -0.39 is 10.2 Å². The van der Waals surface area contributed by atoms with Crippen LogP contribution in [0, 0.1) is 0 Å². The van der Waals surface area contributed by atoms with Gasteiger partial charge in [-0.15, -0.1) is 0 Å². The van der Waals surface area contributed by atoms with E-state index >= 15 is 0 Å². The average molecular weight is 221 g/mol. The van der Waals surface area contributed by atoms with Gasteiger partial charge in [-0.2, -0.15) is 8.42 Å². The molecule has 8 nitrogen and oxygen atoms in total. The lowest BCUT2D eigenvalue weighted by Gasteiger charge is -1.72. The van der Waals surface area contributed by atoms with Crippen molar-refractivity contribution in [1.29, 1.82) is 0 Å². The highest BCUT2D eigenvalue weighted by molar-refractivity contribution is 7.89. The lowest BCUT2D eigenvalue weighted by molar-refractivity contribution is 0.561. The van der Waals surface area contributed by atoms with Crippen LogP contribution < -0.4 is 0 Å². The van der Waals surface area contributed by atoms with Crippen molar-refractivity contribution in [2.45, 2.75) is 0 Å². The van der Waals surface area contributed by atoms with Crippen molar-refractivity contribution >= 4 is 38.9 Å². The van der Waals surface area contributed by atoms with Gasteiger partial charge in [0, 0.05) is 0 Å². The highest BCUT2D eigenvalue weighted by Gasteiger charge is 2.00. The van der Waals surface area contributed by atoms with Crippen LogP contribution in [0.1, 0.15) is 0 Å². The van der Waals surface area contributed by atoms with E-state index in [1.165, 1.54) is 6.08 Å². The Morgan fingerprint density at radius 3 is 1.38 bits per heavy atom. The number of rotatable bonds is 2. The molecule has 0 spiro atoms. The predicted molar refractivity (Wildman–Crippen MR) is 43.2 cm³/mol. The van der Waals surface area contributed by atoms with Crippen molar-refractivity contribution in [2.75, 3.05) is 0 Å². The number of nitrogens with zero attached hydrogens (tertiary/aromatic N) is 3. The third kappa shape index (κ3) is 13.3. The molecule has 0 aromatic heterocycles. The van der Waals surface area contributed by atoms with Crippen molar-refractivity contribution in [3.05, 3.63) is 0 Å². The van der Waals surface area contributed by atoms with Gasteiger partial charge >= 0.3 is 10.2 Å². The maximum absolute atomic E-state index is 9.97. The van der Waals surface area contributed by atoms with E-state index in [0.717, 1.165) is 0 Å². The lowest BCUT2D eigenvalue weighted by Crippen LogP contribution is -1.86. The summed E-state index contributed by atoms with van der Waals surface area (Å²) in [5.41, 5.74) is 0. The Kier molecular flexibility index (Phi) is 8.96. The molecule has 0 aliphatic carbocycles. The van der Waals surface area contributed by atoms with E-state index in [1.54, 1.807) is 0 Å². The van der Waals surface area contributed by atoms with Crippen molar-refractivity contribution in [2.24, 2.45) is 13.5 Å². The van der Waals surface area contributed by atoms with Crippen molar-refractivity contribution in [3.8, 4) is 0 Å². The van der Waals surface area contributed by atoms with E-state index in [4.69, 9.17) is 4.79 Å². The summed E-state index contributed by atoms with van der Waals surface area (Å²) < 4.78 is 27.4. The first-order valence-corrected chi connectivity index (χ1v) is 4.72. The molecule has 0 aliphatic rings. The molecule has 0 rings (SSSR count). The second kappa shape index (κ2) is 8.40. The summed E-state index contributed by atoms with van der Waals surface area (Å²) in [6.45, 7) is 0. The number of hydrogen-bond donors (Lipinski definition) is 0. The summed E-state index contributed by atoms with van der Waals surface area (Å²) in [7, 11) is -3.69. The van der Waals surface area contributed by atoms with Crippen molar-refractivity contribution in [1.82, 2.24) is 0 Å². The minimum Gasteiger partial charge on any atom is -0.260 e. The molecule has 0 saturated heterocycles. The Balaban J connectivity index is 0. The first-order valence-electron chi connectivity index (χ1n) is 2.43. The van der Waals surface area contributed by atoms with Crippen LogP contribution in [0.5, 0.6) is 0 Å². The smallest absolute Gasteiger partial charge is 0.260 e. The summed E-state index contributed by atoms with van der Waals surface area (Å²) in [5, 5.41) is 0. The lowest BCUT2D eigenvalue weighted by atomic mass is 11.7. The van der Waals surface area contributed by atoms with Crippen LogP contribution in [0.15, 0.2) is 13.5 Å². The summed E-state index contributed by atoms with van der Waals surface area (Å²) in [5.74, 6) is 0. The van der Waals surface area contributed by atoms with Crippen LogP contribution in [-0.4, -0.2) is 37.1 Å². The molecule has 0 aromatic carbocycles. The van der Waals surface area contributed by atoms with Gasteiger partial charge < -0.3 is 0 Å². The maximum atomic E-state index is 9.97. The molecule has 0 amide bonds. The molecule has 0 atom stereocenters. The van der Waals surface area contributed by atoms with Gasteiger partial charge in [0.1, 0.15) is 0 Å². The SMILES string of the molecule is O=C=NS(=O)(=O)N=C=O.O=C=N[SiH3]. The first-order chi connectivity index (χ1) is 6.04. The average Bonchev–Trinajstić information content (AvgIpc) is 2.04. The summed E-state index contributed by atoms with van der Waals surface area (Å²) >= 11 is 0. The van der Waals surface area contributed by atoms with Crippen LogP contribution >= 0.6 is 0 Å². The minimum atomic E-state index is -4.28. The third-order valence-electron chi connectivity index (χ3n) is 0.397. The van der Waals surface area contributed by atoms with Gasteiger partial charge in [0.2, 0.25) is 6.08 Å². The topological polar surface area (TPSA) is 122 Å². The molecule has 0 N–H and O–H groups in total. The predicted octanol–water partition coefficient (Wildman–Crippen LogP) is -2.49. The van der Waals surface area contributed by atoms with Gasteiger partial charge in [-0.1, -0.05) is 8.80 Å². The summed E-state index contributed by atoms with van der Waals surface area (Å²) in [4.78, 5) is 27.4. The molecule has 13 heavy (non-hydrogen) atoms. The maximum Gasteiger partial charge on any atom is 0.383 e. The fourth-order valence-electron chi connectivity index (χ4n) is 0.115. The van der Waals surface area contributed by atoms with E-state index in [9.17, 15) is 18.0 Å². The molecule has 0 heterocycles.